The van der Waals surface area contributed by atoms with Crippen LogP contribution in [0.5, 0.6) is 0 Å². The van der Waals surface area contributed by atoms with E-state index in [2.05, 4.69) is 34.4 Å². The molecule has 2 saturated heterocycles. The average Bonchev–Trinajstić information content (AvgIpc) is 3.00. The van der Waals surface area contributed by atoms with Crippen LogP contribution in [0.25, 0.3) is 0 Å². The maximum Gasteiger partial charge on any atom is 0.334 e. The lowest BCUT2D eigenvalue weighted by molar-refractivity contribution is -0.135. The molecule has 1 aromatic rings. The molecule has 8 heteroatoms. The zero-order valence-corrected chi connectivity index (χ0v) is 19.7. The number of carbonyl (C=O) groups is 2. The fraction of sp³-hybridized carbons (Fsp3) is 0.423. The van der Waals surface area contributed by atoms with E-state index in [0.717, 1.165) is 68.0 Å². The summed E-state index contributed by atoms with van der Waals surface area (Å²) >= 11 is 0. The number of hydrazine groups is 1. The number of esters is 1. The number of nitrogens with two attached hydrogens (primary N) is 1. The van der Waals surface area contributed by atoms with Gasteiger partial charge in [-0.2, -0.15) is 0 Å². The molecule has 0 radical (unpaired) electrons. The molecule has 8 nitrogen and oxygen atoms in total. The molecule has 34 heavy (non-hydrogen) atoms. The highest BCUT2D eigenvalue weighted by Crippen LogP contribution is 2.29. The second kappa shape index (κ2) is 11.3. The Hall–Kier alpha value is -3.23. The summed E-state index contributed by atoms with van der Waals surface area (Å²) < 4.78 is 5.16. The number of amides is 1. The third kappa shape index (κ3) is 6.01. The van der Waals surface area contributed by atoms with E-state index < -0.39 is 0 Å². The number of hydrogen-bond acceptors (Lipinski definition) is 6. The fourth-order valence-electron chi connectivity index (χ4n) is 4.61. The van der Waals surface area contributed by atoms with Crippen LogP contribution in [0, 0.1) is 5.92 Å². The molecule has 180 valence electrons. The standard InChI is InChI=1S/C26H33N5O3/c1-19-15-24-22(17-34-26(24)33)6-5-21(19)9-12-30-10-2-11-31(14-13-30)25(32)16-20-3-7-23(8-4-20)28-18-29-27/h3-8,15,18,22H,2,9-14,16-17,27H2,1H3,(H,28,29). The number of cyclic esters (lactones) is 1. The Morgan fingerprint density at radius 3 is 2.85 bits per heavy atom. The van der Waals surface area contributed by atoms with Crippen molar-refractivity contribution in [2.45, 2.75) is 26.2 Å². The molecule has 1 aromatic carbocycles. The van der Waals surface area contributed by atoms with Crippen molar-refractivity contribution in [3.63, 3.8) is 0 Å². The Morgan fingerprint density at radius 2 is 2.06 bits per heavy atom. The monoisotopic (exact) mass is 463 g/mol. The predicted octanol–water partition coefficient (Wildman–Crippen LogP) is 2.26. The van der Waals surface area contributed by atoms with E-state index in [1.807, 2.05) is 35.2 Å². The average molecular weight is 464 g/mol. The van der Waals surface area contributed by atoms with Crippen LogP contribution in [0.15, 0.2) is 64.2 Å². The van der Waals surface area contributed by atoms with E-state index in [-0.39, 0.29) is 17.8 Å². The van der Waals surface area contributed by atoms with Gasteiger partial charge < -0.3 is 20.0 Å². The van der Waals surface area contributed by atoms with Crippen molar-refractivity contribution in [3.8, 4) is 0 Å². The third-order valence-corrected chi connectivity index (χ3v) is 6.66. The van der Waals surface area contributed by atoms with Gasteiger partial charge in [-0.25, -0.2) is 15.6 Å². The van der Waals surface area contributed by atoms with Gasteiger partial charge in [0.25, 0.3) is 0 Å². The molecular weight excluding hydrogens is 430 g/mol. The van der Waals surface area contributed by atoms with Crippen molar-refractivity contribution in [2.75, 3.05) is 39.3 Å². The normalized spacial score (nSPS) is 21.2. The topological polar surface area (TPSA) is 100 Å². The molecular formula is C26H33N5O3. The Morgan fingerprint density at radius 1 is 1.24 bits per heavy atom. The molecule has 0 saturated carbocycles. The number of rotatable bonds is 7. The van der Waals surface area contributed by atoms with E-state index >= 15 is 0 Å². The minimum atomic E-state index is -0.194. The quantitative estimate of drug-likeness (QED) is 0.212. The lowest BCUT2D eigenvalue weighted by Crippen LogP contribution is -2.36. The first-order valence-corrected chi connectivity index (χ1v) is 11.9. The van der Waals surface area contributed by atoms with Gasteiger partial charge in [0.2, 0.25) is 5.91 Å². The van der Waals surface area contributed by atoms with Gasteiger partial charge in [0.15, 0.2) is 0 Å². The molecule has 3 aliphatic rings. The molecule has 1 unspecified atom stereocenters. The molecule has 2 heterocycles. The summed E-state index contributed by atoms with van der Waals surface area (Å²) in [5, 5.41) is 0. The van der Waals surface area contributed by atoms with E-state index in [1.54, 1.807) is 0 Å². The van der Waals surface area contributed by atoms with E-state index in [4.69, 9.17) is 10.6 Å². The van der Waals surface area contributed by atoms with E-state index in [0.29, 0.717) is 13.0 Å². The molecule has 1 aliphatic carbocycles. The lowest BCUT2D eigenvalue weighted by atomic mass is 10.0. The molecule has 2 fully saturated rings. The molecule has 1 amide bonds. The first-order valence-electron chi connectivity index (χ1n) is 11.9. The Labute approximate surface area is 200 Å². The molecule has 0 aromatic heterocycles. The number of nitrogens with one attached hydrogen (secondary N) is 1. The summed E-state index contributed by atoms with van der Waals surface area (Å²) in [4.78, 5) is 33.4. The van der Waals surface area contributed by atoms with Crippen molar-refractivity contribution in [1.82, 2.24) is 15.2 Å². The number of nitrogens with zero attached hydrogens (tertiary/aromatic N) is 3. The summed E-state index contributed by atoms with van der Waals surface area (Å²) in [6, 6.07) is 7.63. The van der Waals surface area contributed by atoms with Gasteiger partial charge in [-0.05, 0) is 61.2 Å². The minimum Gasteiger partial charge on any atom is -0.461 e. The highest BCUT2D eigenvalue weighted by Gasteiger charge is 2.29. The van der Waals surface area contributed by atoms with Gasteiger partial charge in [-0.3, -0.25) is 4.79 Å². The second-order valence-corrected chi connectivity index (χ2v) is 8.97. The summed E-state index contributed by atoms with van der Waals surface area (Å²) in [7, 11) is 0. The first-order chi connectivity index (χ1) is 16.5. The molecule has 4 rings (SSSR count). The van der Waals surface area contributed by atoms with Gasteiger partial charge in [0.05, 0.1) is 12.1 Å². The molecule has 0 spiro atoms. The van der Waals surface area contributed by atoms with Crippen molar-refractivity contribution < 1.29 is 14.3 Å². The largest absolute Gasteiger partial charge is 0.461 e. The highest BCUT2D eigenvalue weighted by atomic mass is 16.5. The molecule has 3 N–H and O–H groups in total. The summed E-state index contributed by atoms with van der Waals surface area (Å²) in [6.07, 6.45) is 9.96. The number of aliphatic imine (C=N–C) groups is 1. The molecule has 2 aliphatic heterocycles. The van der Waals surface area contributed by atoms with Crippen LogP contribution in [0.4, 0.5) is 5.69 Å². The van der Waals surface area contributed by atoms with Crippen LogP contribution in [-0.4, -0.2) is 67.3 Å². The van der Waals surface area contributed by atoms with Crippen LogP contribution >= 0.6 is 0 Å². The fourth-order valence-corrected chi connectivity index (χ4v) is 4.61. The van der Waals surface area contributed by atoms with Crippen molar-refractivity contribution >= 4 is 23.9 Å². The minimum absolute atomic E-state index is 0.0737. The van der Waals surface area contributed by atoms with Crippen LogP contribution in [0.3, 0.4) is 0 Å². The van der Waals surface area contributed by atoms with Crippen molar-refractivity contribution in [1.29, 1.82) is 0 Å². The van der Waals surface area contributed by atoms with E-state index in [9.17, 15) is 9.59 Å². The van der Waals surface area contributed by atoms with Gasteiger partial charge in [0.1, 0.15) is 12.9 Å². The van der Waals surface area contributed by atoms with Crippen molar-refractivity contribution in [3.05, 3.63) is 64.8 Å². The number of fused-ring (bicyclic) bond motifs is 1. The maximum atomic E-state index is 12.9. The summed E-state index contributed by atoms with van der Waals surface area (Å²) in [5.74, 6) is 5.24. The smallest absolute Gasteiger partial charge is 0.334 e. The number of benzene rings is 1. The third-order valence-electron chi connectivity index (χ3n) is 6.66. The first kappa shape index (κ1) is 23.9. The highest BCUT2D eigenvalue weighted by molar-refractivity contribution is 5.92. The van der Waals surface area contributed by atoms with E-state index in [1.165, 1.54) is 11.9 Å². The predicted molar refractivity (Wildman–Crippen MR) is 132 cm³/mol. The van der Waals surface area contributed by atoms with Gasteiger partial charge >= 0.3 is 5.97 Å². The number of hydrogen-bond donors (Lipinski definition) is 2. The Kier molecular flexibility index (Phi) is 7.92. The number of ether oxygens (including phenoxy) is 1. The zero-order chi connectivity index (χ0) is 23.9. The Bertz CT molecular complexity index is 1030. The van der Waals surface area contributed by atoms with Crippen LogP contribution in [0.2, 0.25) is 0 Å². The summed E-state index contributed by atoms with van der Waals surface area (Å²) in [6.45, 7) is 6.85. The van der Waals surface area contributed by atoms with Crippen LogP contribution < -0.4 is 11.3 Å². The van der Waals surface area contributed by atoms with Crippen molar-refractivity contribution in [2.24, 2.45) is 16.8 Å². The number of carbonyl (C=O) groups excluding carboxylic acids is 2. The molecule has 0 bridgehead atoms. The zero-order valence-electron chi connectivity index (χ0n) is 19.7. The Balaban J connectivity index is 1.27. The van der Waals surface area contributed by atoms with Gasteiger partial charge in [0, 0.05) is 37.7 Å². The SMILES string of the molecule is CC1=C(CCN2CCCN(C(=O)Cc3ccc(N=CNN)cc3)CC2)C=CC2COC(=O)C2=C1. The van der Waals surface area contributed by atoms with Gasteiger partial charge in [-0.15, -0.1) is 0 Å². The maximum absolute atomic E-state index is 12.9. The second-order valence-electron chi connectivity index (χ2n) is 8.97. The van der Waals surface area contributed by atoms with Crippen LogP contribution in [0.1, 0.15) is 25.3 Å². The number of allylic oxidation sites excluding steroid dienone is 3. The summed E-state index contributed by atoms with van der Waals surface area (Å²) in [5.41, 5.74) is 7.31. The lowest BCUT2D eigenvalue weighted by Gasteiger charge is -2.22. The van der Waals surface area contributed by atoms with Crippen LogP contribution in [-0.2, 0) is 20.7 Å². The van der Waals surface area contributed by atoms with Gasteiger partial charge in [-0.1, -0.05) is 24.3 Å². The molecule has 1 atom stereocenters.